The number of nitrogens with two attached hydrogens (primary N) is 1. The van der Waals surface area contributed by atoms with Crippen molar-refractivity contribution in [1.82, 2.24) is 4.98 Å². The predicted octanol–water partition coefficient (Wildman–Crippen LogP) is 3.69. The van der Waals surface area contributed by atoms with E-state index in [1.807, 2.05) is 31.2 Å². The second-order valence-corrected chi connectivity index (χ2v) is 6.47. The molecule has 3 aromatic rings. The van der Waals surface area contributed by atoms with Crippen molar-refractivity contribution < 1.29 is 14.4 Å². The summed E-state index contributed by atoms with van der Waals surface area (Å²) in [4.78, 5) is 38.2. The normalized spacial score (nSPS) is 10.3. The Morgan fingerprint density at radius 1 is 0.931 bits per heavy atom. The number of benzene rings is 2. The van der Waals surface area contributed by atoms with E-state index in [1.165, 1.54) is 6.92 Å². The van der Waals surface area contributed by atoms with Crippen LogP contribution in [0.15, 0.2) is 54.7 Å². The molecule has 0 aliphatic heterocycles. The highest BCUT2D eigenvalue weighted by Gasteiger charge is 2.18. The van der Waals surface area contributed by atoms with Crippen LogP contribution in [-0.2, 0) is 4.79 Å². The molecule has 0 aliphatic carbocycles. The van der Waals surface area contributed by atoms with E-state index < -0.39 is 5.91 Å². The van der Waals surface area contributed by atoms with E-state index in [-0.39, 0.29) is 23.3 Å². The van der Waals surface area contributed by atoms with Crippen LogP contribution in [0.25, 0.3) is 11.1 Å². The molecule has 0 radical (unpaired) electrons. The number of H-pyrrole nitrogens is 1. The van der Waals surface area contributed by atoms with Gasteiger partial charge in [0.25, 0.3) is 5.91 Å². The van der Waals surface area contributed by atoms with E-state index in [4.69, 9.17) is 5.73 Å². The Bertz CT molecular complexity index is 1070. The molecule has 0 bridgehead atoms. The number of hydrogen-bond donors (Lipinski definition) is 5. The minimum atomic E-state index is -0.662. The first-order chi connectivity index (χ1) is 13.8. The minimum absolute atomic E-state index is 0.193. The van der Waals surface area contributed by atoms with E-state index >= 15 is 0 Å². The van der Waals surface area contributed by atoms with Crippen molar-refractivity contribution in [1.29, 1.82) is 0 Å². The third kappa shape index (κ3) is 4.62. The lowest BCUT2D eigenvalue weighted by atomic mass is 10.0. The van der Waals surface area contributed by atoms with Crippen LogP contribution in [0.1, 0.15) is 22.8 Å². The highest BCUT2D eigenvalue weighted by atomic mass is 16.2. The summed E-state index contributed by atoms with van der Waals surface area (Å²) < 4.78 is 0. The van der Waals surface area contributed by atoms with Gasteiger partial charge in [-0.1, -0.05) is 30.3 Å². The van der Waals surface area contributed by atoms with Gasteiger partial charge in [-0.25, -0.2) is 4.79 Å². The van der Waals surface area contributed by atoms with Crippen LogP contribution in [-0.4, -0.2) is 22.8 Å². The van der Waals surface area contributed by atoms with E-state index in [0.29, 0.717) is 16.8 Å². The van der Waals surface area contributed by atoms with E-state index in [1.54, 1.807) is 30.5 Å². The molecule has 0 unspecified atom stereocenters. The SMILES string of the molecule is CC(=O)Nc1[nH]cc(-c2ccc(NC(=O)Nc3ccccc3C)cc2)c1C(N)=O. The summed E-state index contributed by atoms with van der Waals surface area (Å²) in [6.07, 6.45) is 1.60. The second-order valence-electron chi connectivity index (χ2n) is 6.47. The number of nitrogens with one attached hydrogen (secondary N) is 4. The topological polar surface area (TPSA) is 129 Å². The summed E-state index contributed by atoms with van der Waals surface area (Å²) in [5.74, 6) is -0.732. The molecule has 0 spiro atoms. The number of anilines is 3. The van der Waals surface area contributed by atoms with Gasteiger partial charge in [-0.05, 0) is 36.2 Å². The highest BCUT2D eigenvalue weighted by Crippen LogP contribution is 2.30. The maximum absolute atomic E-state index is 12.2. The molecular weight excluding hydrogens is 370 g/mol. The van der Waals surface area contributed by atoms with Crippen molar-refractivity contribution in [2.24, 2.45) is 5.73 Å². The molecule has 1 heterocycles. The molecular formula is C21H21N5O3. The molecule has 0 saturated carbocycles. The number of urea groups is 1. The van der Waals surface area contributed by atoms with Crippen molar-refractivity contribution in [2.45, 2.75) is 13.8 Å². The zero-order valence-electron chi connectivity index (χ0n) is 16.0. The molecule has 8 nitrogen and oxygen atoms in total. The van der Waals surface area contributed by atoms with Crippen molar-refractivity contribution >= 4 is 35.0 Å². The Morgan fingerprint density at radius 2 is 1.62 bits per heavy atom. The van der Waals surface area contributed by atoms with Gasteiger partial charge in [-0.2, -0.15) is 0 Å². The number of aromatic amines is 1. The fourth-order valence-electron chi connectivity index (χ4n) is 2.91. The molecule has 0 aliphatic rings. The smallest absolute Gasteiger partial charge is 0.323 e. The third-order valence-corrected chi connectivity index (χ3v) is 4.27. The average molecular weight is 391 g/mol. The summed E-state index contributed by atoms with van der Waals surface area (Å²) in [5.41, 5.74) is 9.20. The van der Waals surface area contributed by atoms with Gasteiger partial charge in [-0.3, -0.25) is 9.59 Å². The zero-order chi connectivity index (χ0) is 21.0. The molecule has 0 saturated heterocycles. The number of primary amides is 1. The number of carbonyl (C=O) groups excluding carboxylic acids is 3. The highest BCUT2D eigenvalue weighted by molar-refractivity contribution is 6.07. The van der Waals surface area contributed by atoms with Crippen LogP contribution < -0.4 is 21.7 Å². The summed E-state index contributed by atoms with van der Waals surface area (Å²) in [5, 5.41) is 8.10. The minimum Gasteiger partial charge on any atom is -0.365 e. The van der Waals surface area contributed by atoms with Crippen LogP contribution in [0, 0.1) is 6.92 Å². The lowest BCUT2D eigenvalue weighted by molar-refractivity contribution is -0.114. The Balaban J connectivity index is 1.76. The predicted molar refractivity (Wildman–Crippen MR) is 113 cm³/mol. The van der Waals surface area contributed by atoms with E-state index in [9.17, 15) is 14.4 Å². The van der Waals surface area contributed by atoms with E-state index in [0.717, 1.165) is 11.3 Å². The number of para-hydroxylation sites is 1. The maximum atomic E-state index is 12.2. The Kier molecular flexibility index (Phi) is 5.64. The molecule has 2 aromatic carbocycles. The zero-order valence-corrected chi connectivity index (χ0v) is 16.0. The number of aryl methyl sites for hydroxylation is 1. The molecule has 6 N–H and O–H groups in total. The molecule has 0 atom stereocenters. The standard InChI is InChI=1S/C21H21N5O3/c1-12-5-3-4-6-17(12)26-21(29)25-15-9-7-14(8-10-15)16-11-23-20(24-13(2)27)18(16)19(22)28/h3-11,23H,1-2H3,(H2,22,28)(H,24,27)(H2,25,26,29). The molecule has 0 fully saturated rings. The molecule has 4 amide bonds. The van der Waals surface area contributed by atoms with Gasteiger partial charge < -0.3 is 26.7 Å². The van der Waals surface area contributed by atoms with Crippen LogP contribution in [0.2, 0.25) is 0 Å². The summed E-state index contributed by atoms with van der Waals surface area (Å²) in [6.45, 7) is 3.25. The van der Waals surface area contributed by atoms with Crippen LogP contribution in [0.4, 0.5) is 22.0 Å². The van der Waals surface area contributed by atoms with Crippen LogP contribution in [0.5, 0.6) is 0 Å². The van der Waals surface area contributed by atoms with Crippen molar-refractivity contribution in [3.05, 3.63) is 65.9 Å². The summed E-state index contributed by atoms with van der Waals surface area (Å²) in [7, 11) is 0. The monoisotopic (exact) mass is 391 g/mol. The van der Waals surface area contributed by atoms with Gasteiger partial charge in [0.15, 0.2) is 0 Å². The quantitative estimate of drug-likeness (QED) is 0.455. The first kappa shape index (κ1) is 19.7. The first-order valence-electron chi connectivity index (χ1n) is 8.88. The molecule has 8 heteroatoms. The number of hydrogen-bond acceptors (Lipinski definition) is 3. The van der Waals surface area contributed by atoms with Crippen molar-refractivity contribution in [2.75, 3.05) is 16.0 Å². The van der Waals surface area contributed by atoms with Crippen molar-refractivity contribution in [3.63, 3.8) is 0 Å². The fraction of sp³-hybridized carbons (Fsp3) is 0.0952. The molecule has 148 valence electrons. The van der Waals surface area contributed by atoms with Crippen molar-refractivity contribution in [3.8, 4) is 11.1 Å². The van der Waals surface area contributed by atoms with Gasteiger partial charge in [0.2, 0.25) is 5.91 Å². The Labute approximate surface area is 167 Å². The van der Waals surface area contributed by atoms with Crippen LogP contribution in [0.3, 0.4) is 0 Å². The van der Waals surface area contributed by atoms with Gasteiger partial charge >= 0.3 is 6.03 Å². The number of aromatic nitrogens is 1. The fourth-order valence-corrected chi connectivity index (χ4v) is 2.91. The number of rotatable bonds is 5. The van der Waals surface area contributed by atoms with Gasteiger partial charge in [-0.15, -0.1) is 0 Å². The second kappa shape index (κ2) is 8.30. The molecule has 29 heavy (non-hydrogen) atoms. The first-order valence-corrected chi connectivity index (χ1v) is 8.88. The molecule has 1 aromatic heterocycles. The third-order valence-electron chi connectivity index (χ3n) is 4.27. The van der Waals surface area contributed by atoms with Crippen LogP contribution >= 0.6 is 0 Å². The summed E-state index contributed by atoms with van der Waals surface area (Å²) in [6, 6.07) is 14.0. The van der Waals surface area contributed by atoms with Gasteiger partial charge in [0.1, 0.15) is 5.82 Å². The van der Waals surface area contributed by atoms with Gasteiger partial charge in [0.05, 0.1) is 5.56 Å². The Morgan fingerprint density at radius 3 is 2.24 bits per heavy atom. The Hall–Kier alpha value is -4.07. The lowest BCUT2D eigenvalue weighted by Crippen LogP contribution is -2.19. The van der Waals surface area contributed by atoms with E-state index in [2.05, 4.69) is 20.9 Å². The molecule has 3 rings (SSSR count). The summed E-state index contributed by atoms with van der Waals surface area (Å²) >= 11 is 0. The largest absolute Gasteiger partial charge is 0.365 e. The maximum Gasteiger partial charge on any atom is 0.323 e. The number of amides is 4. The lowest BCUT2D eigenvalue weighted by Gasteiger charge is -2.10. The average Bonchev–Trinajstić information content (AvgIpc) is 3.07. The number of carbonyl (C=O) groups is 3. The van der Waals surface area contributed by atoms with Gasteiger partial charge in [0, 0.05) is 30.1 Å².